The van der Waals surface area contributed by atoms with Crippen molar-refractivity contribution >= 4 is 10.8 Å². The molecule has 0 aliphatic rings. The largest absolute Gasteiger partial charge is 0.168 e. The van der Waals surface area contributed by atoms with E-state index in [1.807, 2.05) is 0 Å². The molecule has 25 heavy (non-hydrogen) atoms. The van der Waals surface area contributed by atoms with Crippen molar-refractivity contribution < 1.29 is 21.7 Å². The first-order valence-electron chi connectivity index (χ1n) is 10.4. The van der Waals surface area contributed by atoms with Crippen LogP contribution in [0, 0.1) is 0 Å². The summed E-state index contributed by atoms with van der Waals surface area (Å²) >= 11 is 0. The number of hydrogen-bond acceptors (Lipinski definition) is 0. The average Bonchev–Trinajstić information content (AvgIpc) is 3.06. The van der Waals surface area contributed by atoms with Crippen molar-refractivity contribution in [2.24, 2.45) is 0 Å². The molecule has 0 aliphatic carbocycles. The Morgan fingerprint density at radius 2 is 1.40 bits per heavy atom. The molecule has 0 atom stereocenters. The number of rotatable bonds is 12. The van der Waals surface area contributed by atoms with E-state index in [1.165, 1.54) is 87.0 Å². The number of benzene rings is 1. The van der Waals surface area contributed by atoms with Crippen LogP contribution >= 0.6 is 0 Å². The normalized spacial score (nSPS) is 11.2. The van der Waals surface area contributed by atoms with E-state index >= 15 is 0 Å². The van der Waals surface area contributed by atoms with Crippen LogP contribution in [-0.2, 0) is 28.1 Å². The minimum atomic E-state index is 0. The van der Waals surface area contributed by atoms with Gasteiger partial charge in [0.1, 0.15) is 0 Å². The van der Waals surface area contributed by atoms with E-state index in [0.29, 0.717) is 5.92 Å². The van der Waals surface area contributed by atoms with E-state index in [1.54, 1.807) is 5.56 Å². The molecule has 0 N–H and O–H groups in total. The molecule has 0 radical (unpaired) electrons. The number of unbranched alkanes of at least 4 members (excludes halogenated alkanes) is 9. The van der Waals surface area contributed by atoms with Gasteiger partial charge < -0.3 is 0 Å². The van der Waals surface area contributed by atoms with E-state index in [4.69, 9.17) is 0 Å². The quantitative estimate of drug-likeness (QED) is 0.200. The smallest absolute Gasteiger partial charge is 0 e. The van der Waals surface area contributed by atoms with Crippen LogP contribution in [0.2, 0.25) is 0 Å². The summed E-state index contributed by atoms with van der Waals surface area (Å²) in [6, 6.07) is 11.6. The Kier molecular flexibility index (Phi) is 11.6. The third-order valence-corrected chi connectivity index (χ3v) is 5.36. The monoisotopic (exact) mass is 373 g/mol. The summed E-state index contributed by atoms with van der Waals surface area (Å²) < 4.78 is 0. The zero-order valence-electron chi connectivity index (χ0n) is 16.7. The van der Waals surface area contributed by atoms with Gasteiger partial charge in [-0.25, -0.2) is 0 Å². The molecule has 2 rings (SSSR count). The Balaban J connectivity index is 0.00000312. The fourth-order valence-corrected chi connectivity index (χ4v) is 3.85. The van der Waals surface area contributed by atoms with Gasteiger partial charge in [-0.05, 0) is 5.92 Å². The van der Waals surface area contributed by atoms with Crippen LogP contribution in [0.25, 0.3) is 10.8 Å². The zero-order valence-corrected chi connectivity index (χ0v) is 18.3. The second-order valence-corrected chi connectivity index (χ2v) is 7.75. The molecule has 0 saturated heterocycles. The predicted molar refractivity (Wildman–Crippen MR) is 109 cm³/mol. The van der Waals surface area contributed by atoms with Crippen molar-refractivity contribution in [3.63, 3.8) is 0 Å². The minimum Gasteiger partial charge on any atom is -0.168 e. The van der Waals surface area contributed by atoms with Crippen LogP contribution in [0.3, 0.4) is 0 Å². The van der Waals surface area contributed by atoms with Gasteiger partial charge in [0, 0.05) is 21.7 Å². The number of aryl methyl sites for hydroxylation is 1. The van der Waals surface area contributed by atoms with Crippen LogP contribution in [0.15, 0.2) is 30.3 Å². The van der Waals surface area contributed by atoms with Crippen LogP contribution in [0.5, 0.6) is 0 Å². The first-order valence-corrected chi connectivity index (χ1v) is 10.4. The van der Waals surface area contributed by atoms with Crippen molar-refractivity contribution in [2.75, 3.05) is 0 Å². The maximum atomic E-state index is 2.38. The first kappa shape index (κ1) is 22.6. The zero-order chi connectivity index (χ0) is 17.2. The number of fused-ring (bicyclic) bond motifs is 1. The van der Waals surface area contributed by atoms with Gasteiger partial charge in [0.2, 0.25) is 0 Å². The van der Waals surface area contributed by atoms with Gasteiger partial charge in [-0.3, -0.25) is 0 Å². The molecule has 0 heterocycles. The maximum absolute atomic E-state index is 2.38. The molecule has 2 aromatic rings. The van der Waals surface area contributed by atoms with Crippen LogP contribution < -0.4 is 0 Å². The van der Waals surface area contributed by atoms with Gasteiger partial charge >= 0.3 is 0 Å². The van der Waals surface area contributed by atoms with Gasteiger partial charge in [0.15, 0.2) is 0 Å². The SMILES string of the molecule is CCCCCCCCCCCCc1ccc(C(C)C)c2cc[cH-]c12.[Ti]. The molecule has 0 spiro atoms. The third-order valence-electron chi connectivity index (χ3n) is 5.36. The van der Waals surface area contributed by atoms with Crippen LogP contribution in [0.1, 0.15) is 102 Å². The van der Waals surface area contributed by atoms with E-state index in [9.17, 15) is 0 Å². The Morgan fingerprint density at radius 1 is 0.800 bits per heavy atom. The summed E-state index contributed by atoms with van der Waals surface area (Å²) in [4.78, 5) is 0. The van der Waals surface area contributed by atoms with Crippen molar-refractivity contribution in [2.45, 2.75) is 97.3 Å². The second-order valence-electron chi connectivity index (χ2n) is 7.75. The Morgan fingerprint density at radius 3 is 2.00 bits per heavy atom. The molecule has 0 amide bonds. The molecule has 0 fully saturated rings. The predicted octanol–water partition coefficient (Wildman–Crippen LogP) is 8.14. The summed E-state index contributed by atoms with van der Waals surface area (Å²) in [5.41, 5.74) is 3.06. The summed E-state index contributed by atoms with van der Waals surface area (Å²) in [5.74, 6) is 0.612. The number of hydrogen-bond donors (Lipinski definition) is 0. The van der Waals surface area contributed by atoms with Gasteiger partial charge in [-0.1, -0.05) is 103 Å². The Hall–Kier alpha value is -0.456. The van der Waals surface area contributed by atoms with Gasteiger partial charge in [0.05, 0.1) is 0 Å². The summed E-state index contributed by atoms with van der Waals surface area (Å²) in [6.07, 6.45) is 15.4. The minimum absolute atomic E-state index is 0. The van der Waals surface area contributed by atoms with Crippen molar-refractivity contribution in [3.05, 3.63) is 41.5 Å². The summed E-state index contributed by atoms with van der Waals surface area (Å²) in [6.45, 7) is 6.88. The molecular formula is C24H37Ti-. The van der Waals surface area contributed by atoms with Gasteiger partial charge in [-0.15, -0.1) is 28.5 Å². The fourth-order valence-electron chi connectivity index (χ4n) is 3.85. The summed E-state index contributed by atoms with van der Waals surface area (Å²) in [5, 5.41) is 2.98. The topological polar surface area (TPSA) is 0 Å². The fraction of sp³-hybridized carbons (Fsp3) is 0.625. The average molecular weight is 373 g/mol. The van der Waals surface area contributed by atoms with Crippen molar-refractivity contribution in [1.82, 2.24) is 0 Å². The molecule has 2 aromatic carbocycles. The molecular weight excluding hydrogens is 336 g/mol. The van der Waals surface area contributed by atoms with E-state index in [2.05, 4.69) is 51.1 Å². The van der Waals surface area contributed by atoms with Gasteiger partial charge in [-0.2, -0.15) is 12.1 Å². The standard InChI is InChI=1S/C24H37.Ti/c1-4-5-6-7-8-9-10-11-12-13-15-21-18-19-22(20(2)3)24-17-14-16-23(21)24;/h14,16-20H,4-13,15H2,1-3H3;/q-1;. The molecule has 0 unspecified atom stereocenters. The third kappa shape index (κ3) is 7.36. The van der Waals surface area contributed by atoms with Gasteiger partial charge in [0.25, 0.3) is 0 Å². The van der Waals surface area contributed by atoms with E-state index in [-0.39, 0.29) is 21.7 Å². The molecule has 138 valence electrons. The summed E-state index contributed by atoms with van der Waals surface area (Å²) in [7, 11) is 0. The molecule has 1 heteroatoms. The Labute approximate surface area is 171 Å². The Bertz CT molecular complexity index is 579. The van der Waals surface area contributed by atoms with Crippen molar-refractivity contribution in [3.8, 4) is 0 Å². The first-order chi connectivity index (χ1) is 11.7. The van der Waals surface area contributed by atoms with Crippen LogP contribution in [-0.4, -0.2) is 0 Å². The molecule has 0 bridgehead atoms. The van der Waals surface area contributed by atoms with Crippen LogP contribution in [0.4, 0.5) is 0 Å². The molecule has 0 saturated carbocycles. The molecule has 0 aromatic heterocycles. The molecule has 0 aliphatic heterocycles. The maximum Gasteiger partial charge on any atom is 0 e. The van der Waals surface area contributed by atoms with E-state index in [0.717, 1.165) is 0 Å². The second kappa shape index (κ2) is 12.8. The van der Waals surface area contributed by atoms with E-state index < -0.39 is 0 Å². The van der Waals surface area contributed by atoms with Crippen molar-refractivity contribution in [1.29, 1.82) is 0 Å². The molecule has 0 nitrogen and oxygen atoms in total.